The minimum atomic E-state index is -0.646. The number of nitro benzene ring substituents is 1. The normalized spacial score (nSPS) is 14.7. The van der Waals surface area contributed by atoms with E-state index in [1.54, 1.807) is 30.0 Å². The molecule has 0 saturated carbocycles. The van der Waals surface area contributed by atoms with E-state index >= 15 is 0 Å². The third kappa shape index (κ3) is 4.98. The van der Waals surface area contributed by atoms with E-state index < -0.39 is 16.9 Å². The Hall–Kier alpha value is -4.40. The number of nitrogens with zero attached hydrogens (tertiary/aromatic N) is 2. The molecule has 1 aliphatic heterocycles. The lowest BCUT2D eigenvalue weighted by Crippen LogP contribution is -2.46. The fourth-order valence-electron chi connectivity index (χ4n) is 3.54. The van der Waals surface area contributed by atoms with Crippen molar-refractivity contribution in [1.82, 2.24) is 0 Å². The van der Waals surface area contributed by atoms with Gasteiger partial charge in [-0.25, -0.2) is 0 Å². The second-order valence-corrected chi connectivity index (χ2v) is 7.85. The Morgan fingerprint density at radius 3 is 2.50 bits per heavy atom. The number of rotatable bonds is 7. The number of ether oxygens (including phenoxy) is 2. The van der Waals surface area contributed by atoms with Crippen LogP contribution in [0, 0.1) is 17.0 Å². The molecule has 9 nitrogen and oxygen atoms in total. The highest BCUT2D eigenvalue weighted by molar-refractivity contribution is 6.05. The average Bonchev–Trinajstić information content (AvgIpc) is 2.83. The fraction of sp³-hybridized carbons (Fsp3) is 0.200. The summed E-state index contributed by atoms with van der Waals surface area (Å²) in [7, 11) is 0. The van der Waals surface area contributed by atoms with E-state index in [9.17, 15) is 19.7 Å². The molecular weight excluding hydrogens is 438 g/mol. The SMILES string of the molecule is Cc1ccc(OCCN2C(=O)C(C)Oc3ccc(NC(=O)c4ccc([N+](=O)[O-])cc4)cc32)cc1. The first-order valence-corrected chi connectivity index (χ1v) is 10.7. The van der Waals surface area contributed by atoms with Crippen molar-refractivity contribution in [1.29, 1.82) is 0 Å². The molecule has 0 spiro atoms. The molecule has 0 radical (unpaired) electrons. The third-order valence-electron chi connectivity index (χ3n) is 5.37. The van der Waals surface area contributed by atoms with Gasteiger partial charge in [0.05, 0.1) is 17.2 Å². The molecule has 1 atom stereocenters. The van der Waals surface area contributed by atoms with Crippen LogP contribution < -0.4 is 19.7 Å². The van der Waals surface area contributed by atoms with Crippen molar-refractivity contribution in [3.05, 3.63) is 88.0 Å². The number of aryl methyl sites for hydroxylation is 1. The Morgan fingerprint density at radius 2 is 1.82 bits per heavy atom. The van der Waals surface area contributed by atoms with Gasteiger partial charge in [-0.2, -0.15) is 0 Å². The summed E-state index contributed by atoms with van der Waals surface area (Å²) in [5, 5.41) is 13.6. The maximum absolute atomic E-state index is 12.8. The molecule has 0 bridgehead atoms. The molecule has 3 aromatic carbocycles. The van der Waals surface area contributed by atoms with Gasteiger partial charge in [-0.3, -0.25) is 19.7 Å². The number of hydrogen-bond donors (Lipinski definition) is 1. The Morgan fingerprint density at radius 1 is 1.12 bits per heavy atom. The van der Waals surface area contributed by atoms with Gasteiger partial charge in [-0.15, -0.1) is 0 Å². The van der Waals surface area contributed by atoms with Crippen LogP contribution in [0.25, 0.3) is 0 Å². The van der Waals surface area contributed by atoms with Crippen LogP contribution in [0.2, 0.25) is 0 Å². The van der Waals surface area contributed by atoms with Crippen LogP contribution >= 0.6 is 0 Å². The van der Waals surface area contributed by atoms with Gasteiger partial charge in [-0.1, -0.05) is 17.7 Å². The monoisotopic (exact) mass is 461 g/mol. The highest BCUT2D eigenvalue weighted by Crippen LogP contribution is 2.36. The van der Waals surface area contributed by atoms with Gasteiger partial charge in [0.2, 0.25) is 0 Å². The van der Waals surface area contributed by atoms with Gasteiger partial charge in [0.15, 0.2) is 6.10 Å². The molecule has 0 fully saturated rings. The van der Waals surface area contributed by atoms with Crippen molar-refractivity contribution >= 4 is 28.9 Å². The lowest BCUT2D eigenvalue weighted by molar-refractivity contribution is -0.384. The molecule has 4 rings (SSSR count). The van der Waals surface area contributed by atoms with E-state index in [0.29, 0.717) is 29.4 Å². The number of benzene rings is 3. The van der Waals surface area contributed by atoms with Crippen LogP contribution in [0.5, 0.6) is 11.5 Å². The lowest BCUT2D eigenvalue weighted by atomic mass is 10.1. The molecule has 1 N–H and O–H groups in total. The zero-order valence-electron chi connectivity index (χ0n) is 18.7. The Bertz CT molecular complexity index is 1220. The van der Waals surface area contributed by atoms with Gasteiger partial charge in [0.25, 0.3) is 17.5 Å². The fourth-order valence-corrected chi connectivity index (χ4v) is 3.54. The first kappa shape index (κ1) is 22.8. The van der Waals surface area contributed by atoms with Crippen molar-refractivity contribution in [2.75, 3.05) is 23.4 Å². The van der Waals surface area contributed by atoms with Crippen molar-refractivity contribution in [3.63, 3.8) is 0 Å². The number of carbonyl (C=O) groups is 2. The van der Waals surface area contributed by atoms with Crippen molar-refractivity contribution in [3.8, 4) is 11.5 Å². The number of non-ortho nitro benzene ring substituents is 1. The van der Waals surface area contributed by atoms with E-state index in [-0.39, 0.29) is 23.8 Å². The number of anilines is 2. The summed E-state index contributed by atoms with van der Waals surface area (Å²) >= 11 is 0. The highest BCUT2D eigenvalue weighted by atomic mass is 16.6. The maximum Gasteiger partial charge on any atom is 0.269 e. The van der Waals surface area contributed by atoms with Gasteiger partial charge in [0.1, 0.15) is 18.1 Å². The lowest BCUT2D eigenvalue weighted by Gasteiger charge is -2.33. The number of carbonyl (C=O) groups excluding carboxylic acids is 2. The summed E-state index contributed by atoms with van der Waals surface area (Å²) in [4.78, 5) is 37.3. The smallest absolute Gasteiger partial charge is 0.269 e. The molecule has 1 unspecified atom stereocenters. The second-order valence-electron chi connectivity index (χ2n) is 7.85. The van der Waals surface area contributed by atoms with Crippen molar-refractivity contribution < 1.29 is 24.0 Å². The molecule has 3 aromatic rings. The molecule has 9 heteroatoms. The molecule has 34 heavy (non-hydrogen) atoms. The quantitative estimate of drug-likeness (QED) is 0.414. The number of hydrogen-bond acceptors (Lipinski definition) is 6. The molecule has 1 heterocycles. The second kappa shape index (κ2) is 9.62. The number of fused-ring (bicyclic) bond motifs is 1. The number of amides is 2. The molecule has 0 aliphatic carbocycles. The van der Waals surface area contributed by atoms with Crippen LogP contribution in [0.3, 0.4) is 0 Å². The minimum absolute atomic E-state index is 0.0985. The molecule has 1 aliphatic rings. The zero-order chi connectivity index (χ0) is 24.2. The first-order chi connectivity index (χ1) is 16.3. The summed E-state index contributed by atoms with van der Waals surface area (Å²) in [5.41, 5.74) is 2.28. The predicted octanol–water partition coefficient (Wildman–Crippen LogP) is 4.35. The van der Waals surface area contributed by atoms with Crippen LogP contribution in [-0.4, -0.2) is 36.0 Å². The molecule has 0 aromatic heterocycles. The van der Waals surface area contributed by atoms with E-state index in [0.717, 1.165) is 5.56 Å². The summed E-state index contributed by atoms with van der Waals surface area (Å²) in [6.07, 6.45) is -0.646. The average molecular weight is 461 g/mol. The van der Waals surface area contributed by atoms with Crippen LogP contribution in [0.1, 0.15) is 22.8 Å². The molecule has 2 amide bonds. The van der Waals surface area contributed by atoms with Crippen molar-refractivity contribution in [2.24, 2.45) is 0 Å². The largest absolute Gasteiger partial charge is 0.492 e. The van der Waals surface area contributed by atoms with E-state index in [2.05, 4.69) is 5.32 Å². The van der Waals surface area contributed by atoms with Crippen LogP contribution in [0.15, 0.2) is 66.7 Å². The molecule has 174 valence electrons. The Labute approximate surface area is 196 Å². The van der Waals surface area contributed by atoms with Gasteiger partial charge < -0.3 is 19.7 Å². The maximum atomic E-state index is 12.8. The van der Waals surface area contributed by atoms with Crippen LogP contribution in [0.4, 0.5) is 17.1 Å². The van der Waals surface area contributed by atoms with E-state index in [1.807, 2.05) is 31.2 Å². The zero-order valence-corrected chi connectivity index (χ0v) is 18.7. The van der Waals surface area contributed by atoms with E-state index in [1.165, 1.54) is 24.3 Å². The molecule has 0 saturated heterocycles. The van der Waals surface area contributed by atoms with Gasteiger partial charge >= 0.3 is 0 Å². The Balaban J connectivity index is 1.49. The third-order valence-corrected chi connectivity index (χ3v) is 5.37. The standard InChI is InChI=1S/C25H23N3O6/c1-16-3-10-21(11-4-16)33-14-13-27-22-15-19(7-12-23(22)34-17(2)25(27)30)26-24(29)18-5-8-20(9-6-18)28(31)32/h3-12,15,17H,13-14H2,1-2H3,(H,26,29). The van der Waals surface area contributed by atoms with Gasteiger partial charge in [-0.05, 0) is 56.3 Å². The summed E-state index contributed by atoms with van der Waals surface area (Å²) in [5.74, 6) is 0.596. The summed E-state index contributed by atoms with van der Waals surface area (Å²) < 4.78 is 11.5. The summed E-state index contributed by atoms with van der Waals surface area (Å²) in [6.45, 7) is 4.25. The summed E-state index contributed by atoms with van der Waals surface area (Å²) in [6, 6.07) is 18.0. The minimum Gasteiger partial charge on any atom is -0.492 e. The van der Waals surface area contributed by atoms with Crippen LogP contribution in [-0.2, 0) is 4.79 Å². The molecular formula is C25H23N3O6. The Kier molecular flexibility index (Phi) is 6.44. The predicted molar refractivity (Wildman–Crippen MR) is 127 cm³/mol. The van der Waals surface area contributed by atoms with Gasteiger partial charge in [0, 0.05) is 23.4 Å². The topological polar surface area (TPSA) is 111 Å². The van der Waals surface area contributed by atoms with E-state index in [4.69, 9.17) is 9.47 Å². The number of nitro groups is 1. The first-order valence-electron chi connectivity index (χ1n) is 10.7. The highest BCUT2D eigenvalue weighted by Gasteiger charge is 2.31. The number of nitrogens with one attached hydrogen (secondary N) is 1. The van der Waals surface area contributed by atoms with Crippen molar-refractivity contribution in [2.45, 2.75) is 20.0 Å².